The van der Waals surface area contributed by atoms with Crippen LogP contribution >= 0.6 is 0 Å². The van der Waals surface area contributed by atoms with Gasteiger partial charge in [-0.2, -0.15) is 5.26 Å². The number of hydrogen-bond donors (Lipinski definition) is 1. The van der Waals surface area contributed by atoms with Crippen molar-refractivity contribution in [1.29, 1.82) is 5.26 Å². The summed E-state index contributed by atoms with van der Waals surface area (Å²) in [6, 6.07) is 12.4. The highest BCUT2D eigenvalue weighted by atomic mass is 16.4. The summed E-state index contributed by atoms with van der Waals surface area (Å²) in [4.78, 5) is 10.4. The molecule has 88 valence electrons. The third-order valence-corrected chi connectivity index (χ3v) is 2.32. The van der Waals surface area contributed by atoms with Crippen molar-refractivity contribution in [1.82, 2.24) is 0 Å². The fraction of sp³-hybridized carbons (Fsp3) is 0. The van der Waals surface area contributed by atoms with Gasteiger partial charge in [0.05, 0.1) is 11.6 Å². The molecule has 4 heteroatoms. The maximum absolute atomic E-state index is 10.4. The van der Waals surface area contributed by atoms with Gasteiger partial charge in [-0.3, -0.25) is 0 Å². The molecule has 0 spiro atoms. The molecule has 0 saturated carbocycles. The van der Waals surface area contributed by atoms with E-state index in [4.69, 9.17) is 14.8 Å². The van der Waals surface area contributed by atoms with Crippen molar-refractivity contribution in [3.8, 4) is 17.4 Å². The van der Waals surface area contributed by atoms with Crippen LogP contribution in [0.1, 0.15) is 11.3 Å². The predicted molar refractivity (Wildman–Crippen MR) is 65.5 cm³/mol. The molecule has 1 aromatic heterocycles. The smallest absolute Gasteiger partial charge is 0.328 e. The Bertz CT molecular complexity index is 630. The lowest BCUT2D eigenvalue weighted by Crippen LogP contribution is -1.84. The fourth-order valence-corrected chi connectivity index (χ4v) is 1.46. The van der Waals surface area contributed by atoms with Crippen molar-refractivity contribution < 1.29 is 14.3 Å². The molecule has 0 saturated heterocycles. The lowest BCUT2D eigenvalue weighted by molar-refractivity contribution is -0.131. The largest absolute Gasteiger partial charge is 0.478 e. The van der Waals surface area contributed by atoms with E-state index in [1.54, 1.807) is 36.4 Å². The Labute approximate surface area is 103 Å². The molecule has 0 bridgehead atoms. The Morgan fingerprint density at radius 1 is 1.22 bits per heavy atom. The standard InChI is InChI=1S/C14H9NO3/c15-9-10-1-3-11(4-2-10)13-7-5-12(18-13)6-8-14(16)17/h1-8H,(H,16,17)/b8-6+. The molecular weight excluding hydrogens is 230 g/mol. The molecule has 0 amide bonds. The number of carbonyl (C=O) groups is 1. The van der Waals surface area contributed by atoms with E-state index in [-0.39, 0.29) is 0 Å². The summed E-state index contributed by atoms with van der Waals surface area (Å²) in [7, 11) is 0. The van der Waals surface area contributed by atoms with Crippen LogP contribution in [-0.4, -0.2) is 11.1 Å². The normalized spacial score (nSPS) is 10.4. The predicted octanol–water partition coefficient (Wildman–Crippen LogP) is 2.92. The first-order chi connectivity index (χ1) is 8.69. The van der Waals surface area contributed by atoms with Crippen molar-refractivity contribution in [3.05, 3.63) is 53.8 Å². The summed E-state index contributed by atoms with van der Waals surface area (Å²) < 4.78 is 5.46. The molecule has 0 radical (unpaired) electrons. The third kappa shape index (κ3) is 2.66. The SMILES string of the molecule is N#Cc1ccc(-c2ccc(/C=C/C(=O)O)o2)cc1. The first-order valence-electron chi connectivity index (χ1n) is 5.20. The van der Waals surface area contributed by atoms with Gasteiger partial charge in [0.1, 0.15) is 11.5 Å². The van der Waals surface area contributed by atoms with Gasteiger partial charge in [0.2, 0.25) is 0 Å². The lowest BCUT2D eigenvalue weighted by Gasteiger charge is -1.96. The van der Waals surface area contributed by atoms with Crippen molar-refractivity contribution in [3.63, 3.8) is 0 Å². The maximum atomic E-state index is 10.4. The zero-order valence-corrected chi connectivity index (χ0v) is 9.33. The van der Waals surface area contributed by atoms with Gasteiger partial charge in [0.15, 0.2) is 0 Å². The first-order valence-corrected chi connectivity index (χ1v) is 5.20. The van der Waals surface area contributed by atoms with Crippen LogP contribution in [-0.2, 0) is 4.79 Å². The molecule has 0 unspecified atom stereocenters. The number of nitrogens with zero attached hydrogens (tertiary/aromatic N) is 1. The van der Waals surface area contributed by atoms with E-state index in [9.17, 15) is 4.79 Å². The van der Waals surface area contributed by atoms with E-state index in [1.807, 2.05) is 6.07 Å². The lowest BCUT2D eigenvalue weighted by atomic mass is 10.1. The molecule has 0 aliphatic carbocycles. The highest BCUT2D eigenvalue weighted by Gasteiger charge is 2.03. The van der Waals surface area contributed by atoms with Crippen LogP contribution in [0.25, 0.3) is 17.4 Å². The van der Waals surface area contributed by atoms with Gasteiger partial charge in [-0.15, -0.1) is 0 Å². The average Bonchev–Trinajstić information content (AvgIpc) is 2.85. The monoisotopic (exact) mass is 239 g/mol. The highest BCUT2D eigenvalue weighted by molar-refractivity contribution is 5.84. The summed E-state index contributed by atoms with van der Waals surface area (Å²) in [5.74, 6) is 0.0765. The Morgan fingerprint density at radius 3 is 2.56 bits per heavy atom. The summed E-state index contributed by atoms with van der Waals surface area (Å²) in [5, 5.41) is 17.2. The van der Waals surface area contributed by atoms with E-state index < -0.39 is 5.97 Å². The molecule has 0 atom stereocenters. The zero-order chi connectivity index (χ0) is 13.0. The molecule has 0 fully saturated rings. The number of aliphatic carboxylic acids is 1. The molecule has 2 aromatic rings. The van der Waals surface area contributed by atoms with E-state index in [0.717, 1.165) is 11.6 Å². The number of carboxylic acid groups (broad SMARTS) is 1. The summed E-state index contributed by atoms with van der Waals surface area (Å²) >= 11 is 0. The van der Waals surface area contributed by atoms with E-state index in [0.29, 0.717) is 17.1 Å². The minimum atomic E-state index is -1.02. The van der Waals surface area contributed by atoms with E-state index >= 15 is 0 Å². The molecule has 1 aromatic carbocycles. The average molecular weight is 239 g/mol. The number of rotatable bonds is 3. The van der Waals surface area contributed by atoms with Crippen molar-refractivity contribution in [2.45, 2.75) is 0 Å². The van der Waals surface area contributed by atoms with E-state index in [1.165, 1.54) is 6.08 Å². The number of nitriles is 1. The van der Waals surface area contributed by atoms with Crippen molar-refractivity contribution in [2.24, 2.45) is 0 Å². The summed E-state index contributed by atoms with van der Waals surface area (Å²) in [5.41, 5.74) is 1.42. The third-order valence-electron chi connectivity index (χ3n) is 2.32. The van der Waals surface area contributed by atoms with Crippen molar-refractivity contribution >= 4 is 12.0 Å². The topological polar surface area (TPSA) is 74.2 Å². The molecule has 2 rings (SSSR count). The Balaban J connectivity index is 2.24. The van der Waals surface area contributed by atoms with Crippen LogP contribution < -0.4 is 0 Å². The fourth-order valence-electron chi connectivity index (χ4n) is 1.46. The number of furan rings is 1. The minimum absolute atomic E-state index is 0.469. The van der Waals surface area contributed by atoms with Crippen LogP contribution in [0.4, 0.5) is 0 Å². The van der Waals surface area contributed by atoms with Crippen LogP contribution in [0.5, 0.6) is 0 Å². The van der Waals surface area contributed by atoms with Gasteiger partial charge >= 0.3 is 5.97 Å². The molecule has 0 aliphatic heterocycles. The summed E-state index contributed by atoms with van der Waals surface area (Å²) in [6.45, 7) is 0. The second kappa shape index (κ2) is 5.02. The quantitative estimate of drug-likeness (QED) is 0.835. The number of benzene rings is 1. The van der Waals surface area contributed by atoms with Crippen LogP contribution in [0.15, 0.2) is 46.9 Å². The van der Waals surface area contributed by atoms with Crippen molar-refractivity contribution in [2.75, 3.05) is 0 Å². The van der Waals surface area contributed by atoms with Gasteiger partial charge in [-0.1, -0.05) is 0 Å². The second-order valence-electron chi connectivity index (χ2n) is 3.56. The van der Waals surface area contributed by atoms with Crippen LogP contribution in [0.2, 0.25) is 0 Å². The molecule has 0 aliphatic rings. The van der Waals surface area contributed by atoms with E-state index in [2.05, 4.69) is 0 Å². The Kier molecular flexibility index (Phi) is 3.26. The zero-order valence-electron chi connectivity index (χ0n) is 9.33. The number of hydrogen-bond acceptors (Lipinski definition) is 3. The second-order valence-corrected chi connectivity index (χ2v) is 3.56. The van der Waals surface area contributed by atoms with Crippen LogP contribution in [0.3, 0.4) is 0 Å². The molecule has 18 heavy (non-hydrogen) atoms. The minimum Gasteiger partial charge on any atom is -0.478 e. The highest BCUT2D eigenvalue weighted by Crippen LogP contribution is 2.23. The molecule has 1 heterocycles. The van der Waals surface area contributed by atoms with Gasteiger partial charge in [-0.05, 0) is 42.5 Å². The molecule has 4 nitrogen and oxygen atoms in total. The number of carboxylic acids is 1. The molecule has 1 N–H and O–H groups in total. The van der Waals surface area contributed by atoms with Gasteiger partial charge in [-0.25, -0.2) is 4.79 Å². The first kappa shape index (κ1) is 11.7. The Morgan fingerprint density at radius 2 is 1.94 bits per heavy atom. The van der Waals surface area contributed by atoms with Gasteiger partial charge in [0, 0.05) is 11.6 Å². The maximum Gasteiger partial charge on any atom is 0.328 e. The summed E-state index contributed by atoms with van der Waals surface area (Å²) in [6.07, 6.45) is 2.40. The van der Waals surface area contributed by atoms with Gasteiger partial charge < -0.3 is 9.52 Å². The Hall–Kier alpha value is -2.80. The van der Waals surface area contributed by atoms with Crippen LogP contribution in [0, 0.1) is 11.3 Å². The molecular formula is C14H9NO3. The van der Waals surface area contributed by atoms with Gasteiger partial charge in [0.25, 0.3) is 0 Å².